The number of benzene rings is 2. The van der Waals surface area contributed by atoms with Gasteiger partial charge in [0, 0.05) is 13.7 Å². The second-order valence-electron chi connectivity index (χ2n) is 6.96. The fraction of sp³-hybridized carbons (Fsp3) is 0.417. The molecule has 0 saturated carbocycles. The van der Waals surface area contributed by atoms with E-state index in [4.69, 9.17) is 23.7 Å². The molecule has 0 N–H and O–H groups in total. The van der Waals surface area contributed by atoms with E-state index in [0.717, 1.165) is 18.4 Å². The maximum Gasteiger partial charge on any atom is 0.343 e. The lowest BCUT2D eigenvalue weighted by Gasteiger charge is -2.16. The van der Waals surface area contributed by atoms with Crippen LogP contribution in [0.3, 0.4) is 0 Å². The number of rotatable bonds is 15. The first-order valence-corrected chi connectivity index (χ1v) is 10.3. The first-order chi connectivity index (χ1) is 15.6. The normalized spacial score (nSPS) is 11.5. The molecule has 0 aliphatic heterocycles. The fourth-order valence-corrected chi connectivity index (χ4v) is 2.74. The molecule has 0 heterocycles. The molecule has 0 aromatic heterocycles. The first kappa shape index (κ1) is 25.2. The number of carbonyl (C=O) groups is 2. The average molecular weight is 446 g/mol. The Morgan fingerprint density at radius 3 is 2.34 bits per heavy atom. The molecule has 0 spiro atoms. The predicted octanol–water partition coefficient (Wildman–Crippen LogP) is 3.59. The molecule has 0 radical (unpaired) electrons. The zero-order valence-corrected chi connectivity index (χ0v) is 18.7. The van der Waals surface area contributed by atoms with Crippen molar-refractivity contribution in [1.82, 2.24) is 0 Å². The number of carbonyl (C=O) groups excluding carboxylic acids is 2. The van der Waals surface area contributed by atoms with E-state index < -0.39 is 5.97 Å². The third-order valence-corrected chi connectivity index (χ3v) is 4.62. The van der Waals surface area contributed by atoms with Crippen LogP contribution in [0.2, 0.25) is 0 Å². The Kier molecular flexibility index (Phi) is 11.1. The van der Waals surface area contributed by atoms with Crippen molar-refractivity contribution in [1.29, 1.82) is 0 Å². The Balaban J connectivity index is 1.76. The van der Waals surface area contributed by atoms with Crippen molar-refractivity contribution >= 4 is 12.4 Å². The second kappa shape index (κ2) is 14.1. The Morgan fingerprint density at radius 1 is 0.969 bits per heavy atom. The third kappa shape index (κ3) is 8.56. The molecule has 0 saturated heterocycles. The monoisotopic (exact) mass is 446 g/mol. The molecule has 0 aliphatic rings. The fourth-order valence-electron chi connectivity index (χ4n) is 2.74. The molecule has 2 rings (SSSR count). The first-order valence-electron chi connectivity index (χ1n) is 10.3. The highest BCUT2D eigenvalue weighted by Crippen LogP contribution is 2.24. The molecule has 0 fully saturated rings. The number of esters is 1. The summed E-state index contributed by atoms with van der Waals surface area (Å²) in [7, 11) is 3.18. The van der Waals surface area contributed by atoms with Crippen LogP contribution in [-0.2, 0) is 19.0 Å². The van der Waals surface area contributed by atoms with Gasteiger partial charge in [-0.15, -0.1) is 0 Å². The van der Waals surface area contributed by atoms with Gasteiger partial charge < -0.3 is 28.4 Å². The van der Waals surface area contributed by atoms with Gasteiger partial charge in [-0.2, -0.15) is 0 Å². The van der Waals surface area contributed by atoms with Crippen LogP contribution >= 0.6 is 0 Å². The van der Waals surface area contributed by atoms with E-state index in [1.807, 2.05) is 6.92 Å². The van der Waals surface area contributed by atoms with Crippen molar-refractivity contribution < 1.29 is 38.0 Å². The van der Waals surface area contributed by atoms with Crippen LogP contribution in [-0.4, -0.2) is 59.2 Å². The Bertz CT molecular complexity index is 834. The maximum atomic E-state index is 12.4. The molecule has 2 aromatic rings. The summed E-state index contributed by atoms with van der Waals surface area (Å²) < 4.78 is 31.9. The van der Waals surface area contributed by atoms with E-state index in [0.29, 0.717) is 55.7 Å². The topological polar surface area (TPSA) is 89.5 Å². The summed E-state index contributed by atoms with van der Waals surface area (Å²) in [4.78, 5) is 22.5. The van der Waals surface area contributed by atoms with Gasteiger partial charge in [0.25, 0.3) is 6.47 Å². The van der Waals surface area contributed by atoms with Crippen LogP contribution in [0.5, 0.6) is 17.2 Å². The Labute approximate surface area is 188 Å². The lowest BCUT2D eigenvalue weighted by Crippen LogP contribution is -2.26. The smallest absolute Gasteiger partial charge is 0.343 e. The van der Waals surface area contributed by atoms with Crippen LogP contribution in [0.1, 0.15) is 28.8 Å². The summed E-state index contributed by atoms with van der Waals surface area (Å²) in [5, 5.41) is 0. The van der Waals surface area contributed by atoms with Crippen LogP contribution < -0.4 is 14.2 Å². The molecule has 1 unspecified atom stereocenters. The molecule has 2 aromatic carbocycles. The zero-order chi connectivity index (χ0) is 23.2. The minimum absolute atomic E-state index is 0.232. The SMILES string of the molecule is COc1ccc(OC(=O)c2ccc(OCC(COCCCCOC=O)OC)cc2)c(C)c1. The summed E-state index contributed by atoms with van der Waals surface area (Å²) in [5.41, 5.74) is 1.22. The lowest BCUT2D eigenvalue weighted by molar-refractivity contribution is -0.128. The van der Waals surface area contributed by atoms with Crippen LogP contribution in [0.15, 0.2) is 42.5 Å². The van der Waals surface area contributed by atoms with Gasteiger partial charge in [0.1, 0.15) is 30.0 Å². The standard InChI is InChI=1S/C24H30O8/c1-18-14-21(27-2)10-11-23(18)32-24(26)19-6-8-20(9-7-19)31-16-22(28-3)15-29-12-4-5-13-30-17-25/h6-11,14,17,22H,4-5,12-13,15-16H2,1-3H3. The van der Waals surface area contributed by atoms with Crippen LogP contribution in [0.25, 0.3) is 0 Å². The summed E-state index contributed by atoms with van der Waals surface area (Å²) in [6, 6.07) is 12.0. The van der Waals surface area contributed by atoms with Crippen LogP contribution in [0, 0.1) is 6.92 Å². The van der Waals surface area contributed by atoms with Crippen molar-refractivity contribution in [3.63, 3.8) is 0 Å². The van der Waals surface area contributed by atoms with Gasteiger partial charge in [-0.1, -0.05) is 0 Å². The van der Waals surface area contributed by atoms with E-state index in [1.54, 1.807) is 56.7 Å². The van der Waals surface area contributed by atoms with E-state index in [1.165, 1.54) is 0 Å². The maximum absolute atomic E-state index is 12.4. The van der Waals surface area contributed by atoms with Gasteiger partial charge in [-0.3, -0.25) is 4.79 Å². The Morgan fingerprint density at radius 2 is 1.69 bits per heavy atom. The molecule has 32 heavy (non-hydrogen) atoms. The number of unbranched alkanes of at least 4 members (excludes halogenated alkanes) is 1. The van der Waals surface area contributed by atoms with Crippen molar-refractivity contribution in [2.24, 2.45) is 0 Å². The van der Waals surface area contributed by atoms with Gasteiger partial charge in [0.2, 0.25) is 0 Å². The minimum atomic E-state index is -0.452. The summed E-state index contributed by atoms with van der Waals surface area (Å²) in [5.74, 6) is 1.34. The average Bonchev–Trinajstić information content (AvgIpc) is 2.82. The molecule has 0 amide bonds. The van der Waals surface area contributed by atoms with Crippen molar-refractivity contribution in [3.05, 3.63) is 53.6 Å². The predicted molar refractivity (Wildman–Crippen MR) is 117 cm³/mol. The van der Waals surface area contributed by atoms with E-state index in [-0.39, 0.29) is 6.10 Å². The molecule has 8 nitrogen and oxygen atoms in total. The van der Waals surface area contributed by atoms with Gasteiger partial charge in [0.05, 0.1) is 25.9 Å². The highest BCUT2D eigenvalue weighted by Gasteiger charge is 2.12. The van der Waals surface area contributed by atoms with E-state index in [2.05, 4.69) is 4.74 Å². The number of hydrogen-bond acceptors (Lipinski definition) is 8. The number of methoxy groups -OCH3 is 2. The van der Waals surface area contributed by atoms with Gasteiger partial charge in [-0.25, -0.2) is 4.79 Å². The van der Waals surface area contributed by atoms with Crippen molar-refractivity contribution in [2.75, 3.05) is 40.6 Å². The molecule has 1 atom stereocenters. The minimum Gasteiger partial charge on any atom is -0.497 e. The number of hydrogen-bond donors (Lipinski definition) is 0. The van der Waals surface area contributed by atoms with E-state index >= 15 is 0 Å². The van der Waals surface area contributed by atoms with Crippen LogP contribution in [0.4, 0.5) is 0 Å². The summed E-state index contributed by atoms with van der Waals surface area (Å²) >= 11 is 0. The highest BCUT2D eigenvalue weighted by molar-refractivity contribution is 5.91. The molecule has 174 valence electrons. The summed E-state index contributed by atoms with van der Waals surface area (Å²) in [6.07, 6.45) is 1.31. The van der Waals surface area contributed by atoms with Gasteiger partial charge in [0.15, 0.2) is 0 Å². The van der Waals surface area contributed by atoms with Gasteiger partial charge >= 0.3 is 5.97 Å². The van der Waals surface area contributed by atoms with Crippen molar-refractivity contribution in [2.45, 2.75) is 25.9 Å². The largest absolute Gasteiger partial charge is 0.497 e. The van der Waals surface area contributed by atoms with Crippen molar-refractivity contribution in [3.8, 4) is 17.2 Å². The van der Waals surface area contributed by atoms with E-state index in [9.17, 15) is 9.59 Å². The lowest BCUT2D eigenvalue weighted by atomic mass is 10.2. The molecular formula is C24H30O8. The second-order valence-corrected chi connectivity index (χ2v) is 6.96. The Hall–Kier alpha value is -3.10. The molecule has 0 bridgehead atoms. The molecular weight excluding hydrogens is 416 g/mol. The zero-order valence-electron chi connectivity index (χ0n) is 18.7. The highest BCUT2D eigenvalue weighted by atomic mass is 16.6. The quantitative estimate of drug-likeness (QED) is 0.177. The van der Waals surface area contributed by atoms with Gasteiger partial charge in [-0.05, 0) is 67.8 Å². The molecule has 8 heteroatoms. The summed E-state index contributed by atoms with van der Waals surface area (Å²) in [6.45, 7) is 3.92. The number of aryl methyl sites for hydroxylation is 1. The third-order valence-electron chi connectivity index (χ3n) is 4.62. The number of ether oxygens (including phenoxy) is 6. The molecule has 0 aliphatic carbocycles.